The molecule has 2 aliphatic heterocycles. The zero-order chi connectivity index (χ0) is 20.4. The van der Waals surface area contributed by atoms with Gasteiger partial charge in [-0.15, -0.1) is 5.10 Å². The minimum Gasteiger partial charge on any atom is -0.354 e. The Morgan fingerprint density at radius 1 is 1.14 bits per heavy atom. The molecule has 0 unspecified atom stereocenters. The first-order chi connectivity index (χ1) is 14.0. The van der Waals surface area contributed by atoms with Gasteiger partial charge < -0.3 is 10.2 Å². The maximum atomic E-state index is 12.5. The van der Waals surface area contributed by atoms with E-state index >= 15 is 0 Å². The summed E-state index contributed by atoms with van der Waals surface area (Å²) in [4.78, 5) is 27.3. The van der Waals surface area contributed by atoms with Gasteiger partial charge >= 0.3 is 0 Å². The molecular weight excluding hydrogens is 368 g/mol. The lowest BCUT2D eigenvalue weighted by Crippen LogP contribution is -2.51. The van der Waals surface area contributed by atoms with Gasteiger partial charge in [-0.05, 0) is 70.7 Å². The summed E-state index contributed by atoms with van der Waals surface area (Å²) in [5.74, 6) is 0.866. The fourth-order valence-electron chi connectivity index (χ4n) is 4.78. The van der Waals surface area contributed by atoms with E-state index < -0.39 is 0 Å². The van der Waals surface area contributed by atoms with Crippen LogP contribution in [-0.2, 0) is 11.3 Å². The molecule has 29 heavy (non-hydrogen) atoms. The van der Waals surface area contributed by atoms with E-state index in [0.717, 1.165) is 17.8 Å². The van der Waals surface area contributed by atoms with Crippen molar-refractivity contribution >= 4 is 5.91 Å². The Labute approximate surface area is 170 Å². The van der Waals surface area contributed by atoms with Crippen LogP contribution < -0.4 is 10.9 Å². The minimum absolute atomic E-state index is 0.0763. The number of fused-ring (bicyclic) bond motifs is 1. The standard InChI is InChI=1S/C21H30N6O2/c1-15-12-16(2)27(23-15)19-8-9-21(29)26(24-19)14-20(28)22-13-17-6-5-11-25-10-4-3-7-18(17)25/h8-9,12,17-18H,3-7,10-11,13-14H2,1-2H3,(H,22,28)/t17-,18+/m1/s1. The first kappa shape index (κ1) is 19.8. The third kappa shape index (κ3) is 4.42. The van der Waals surface area contributed by atoms with E-state index in [1.165, 1.54) is 49.5 Å². The van der Waals surface area contributed by atoms with E-state index in [4.69, 9.17) is 0 Å². The van der Waals surface area contributed by atoms with Crippen LogP contribution in [0, 0.1) is 19.8 Å². The number of nitrogens with one attached hydrogen (secondary N) is 1. The number of carbonyl (C=O) groups excluding carboxylic acids is 1. The van der Waals surface area contributed by atoms with Crippen LogP contribution in [0.5, 0.6) is 0 Å². The highest BCUT2D eigenvalue weighted by atomic mass is 16.2. The maximum Gasteiger partial charge on any atom is 0.267 e. The van der Waals surface area contributed by atoms with Gasteiger partial charge in [0.05, 0.1) is 5.69 Å². The molecule has 0 radical (unpaired) electrons. The second-order valence-electron chi connectivity index (χ2n) is 8.33. The Hall–Kier alpha value is -2.48. The molecule has 2 atom stereocenters. The first-order valence-electron chi connectivity index (χ1n) is 10.6. The van der Waals surface area contributed by atoms with Crippen molar-refractivity contribution in [3.63, 3.8) is 0 Å². The highest BCUT2D eigenvalue weighted by Crippen LogP contribution is 2.30. The van der Waals surface area contributed by atoms with E-state index in [9.17, 15) is 9.59 Å². The summed E-state index contributed by atoms with van der Waals surface area (Å²) in [6.45, 7) is 6.81. The second-order valence-corrected chi connectivity index (χ2v) is 8.33. The van der Waals surface area contributed by atoms with Crippen LogP contribution in [0.1, 0.15) is 43.5 Å². The van der Waals surface area contributed by atoms with Crippen LogP contribution in [0.3, 0.4) is 0 Å². The van der Waals surface area contributed by atoms with Crippen molar-refractivity contribution in [2.45, 2.75) is 58.5 Å². The number of piperidine rings is 2. The van der Waals surface area contributed by atoms with Gasteiger partial charge in [0.25, 0.3) is 5.56 Å². The molecule has 156 valence electrons. The van der Waals surface area contributed by atoms with Crippen LogP contribution in [0.4, 0.5) is 0 Å². The van der Waals surface area contributed by atoms with Crippen molar-refractivity contribution < 1.29 is 4.79 Å². The lowest BCUT2D eigenvalue weighted by molar-refractivity contribution is -0.122. The third-order valence-corrected chi connectivity index (χ3v) is 6.16. The van der Waals surface area contributed by atoms with Crippen LogP contribution in [0.15, 0.2) is 23.0 Å². The van der Waals surface area contributed by atoms with Crippen molar-refractivity contribution in [1.29, 1.82) is 0 Å². The fourth-order valence-corrected chi connectivity index (χ4v) is 4.78. The highest BCUT2D eigenvalue weighted by molar-refractivity contribution is 5.75. The van der Waals surface area contributed by atoms with Crippen LogP contribution >= 0.6 is 0 Å². The van der Waals surface area contributed by atoms with Crippen molar-refractivity contribution in [2.24, 2.45) is 5.92 Å². The SMILES string of the molecule is Cc1cc(C)n(-c2ccc(=O)n(CC(=O)NC[C@H]3CCCN4CCCC[C@@H]34)n2)n1. The Bertz CT molecular complexity index is 931. The number of hydrogen-bond donors (Lipinski definition) is 1. The smallest absolute Gasteiger partial charge is 0.267 e. The van der Waals surface area contributed by atoms with Gasteiger partial charge in [0.2, 0.25) is 5.91 Å². The van der Waals surface area contributed by atoms with Crippen molar-refractivity contribution in [2.75, 3.05) is 19.6 Å². The summed E-state index contributed by atoms with van der Waals surface area (Å²) in [6.07, 6.45) is 6.15. The summed E-state index contributed by atoms with van der Waals surface area (Å²) in [6, 6.07) is 5.61. The van der Waals surface area contributed by atoms with E-state index in [1.807, 2.05) is 19.9 Å². The van der Waals surface area contributed by atoms with E-state index in [-0.39, 0.29) is 18.0 Å². The molecule has 2 aromatic heterocycles. The Morgan fingerprint density at radius 2 is 1.97 bits per heavy atom. The summed E-state index contributed by atoms with van der Waals surface area (Å²) < 4.78 is 2.90. The average Bonchev–Trinajstić information content (AvgIpc) is 3.06. The summed E-state index contributed by atoms with van der Waals surface area (Å²) in [7, 11) is 0. The zero-order valence-corrected chi connectivity index (χ0v) is 17.3. The fraction of sp³-hybridized carbons (Fsp3) is 0.619. The average molecular weight is 399 g/mol. The number of hydrogen-bond acceptors (Lipinski definition) is 5. The molecule has 8 heteroatoms. The van der Waals surface area contributed by atoms with Gasteiger partial charge in [-0.25, -0.2) is 9.36 Å². The molecular formula is C21H30N6O2. The predicted molar refractivity (Wildman–Crippen MR) is 110 cm³/mol. The highest BCUT2D eigenvalue weighted by Gasteiger charge is 2.32. The summed E-state index contributed by atoms with van der Waals surface area (Å²) in [5.41, 5.74) is 1.52. The summed E-state index contributed by atoms with van der Waals surface area (Å²) in [5, 5.41) is 11.8. The Morgan fingerprint density at radius 3 is 2.76 bits per heavy atom. The minimum atomic E-state index is -0.290. The number of aromatic nitrogens is 4. The molecule has 0 aliphatic carbocycles. The monoisotopic (exact) mass is 398 g/mol. The molecule has 2 fully saturated rings. The number of nitrogens with zero attached hydrogens (tertiary/aromatic N) is 5. The van der Waals surface area contributed by atoms with E-state index in [0.29, 0.717) is 24.3 Å². The molecule has 2 aromatic rings. The topological polar surface area (TPSA) is 85.0 Å². The quantitative estimate of drug-likeness (QED) is 0.824. The predicted octanol–water partition coefficient (Wildman–Crippen LogP) is 1.43. The number of rotatable bonds is 5. The van der Waals surface area contributed by atoms with Crippen molar-refractivity contribution in [3.05, 3.63) is 39.9 Å². The van der Waals surface area contributed by atoms with Crippen LogP contribution in [0.25, 0.3) is 5.82 Å². The molecule has 4 heterocycles. The molecule has 0 spiro atoms. The maximum absolute atomic E-state index is 12.5. The van der Waals surface area contributed by atoms with Crippen molar-refractivity contribution in [3.8, 4) is 5.82 Å². The van der Waals surface area contributed by atoms with Gasteiger partial charge in [-0.2, -0.15) is 5.10 Å². The molecule has 4 rings (SSSR count). The first-order valence-corrected chi connectivity index (χ1v) is 10.6. The van der Waals surface area contributed by atoms with Gasteiger partial charge in [0.15, 0.2) is 5.82 Å². The van der Waals surface area contributed by atoms with Gasteiger partial charge in [0, 0.05) is 24.3 Å². The van der Waals surface area contributed by atoms with Gasteiger partial charge in [0.1, 0.15) is 6.54 Å². The third-order valence-electron chi connectivity index (χ3n) is 6.16. The molecule has 0 saturated carbocycles. The molecule has 8 nitrogen and oxygen atoms in total. The Kier molecular flexibility index (Phi) is 5.80. The zero-order valence-electron chi connectivity index (χ0n) is 17.3. The van der Waals surface area contributed by atoms with Gasteiger partial charge in [-0.1, -0.05) is 6.42 Å². The molecule has 2 saturated heterocycles. The lowest BCUT2D eigenvalue weighted by atomic mass is 9.83. The molecule has 1 amide bonds. The second kappa shape index (κ2) is 8.49. The van der Waals surface area contributed by atoms with Gasteiger partial charge in [-0.3, -0.25) is 9.59 Å². The Balaban J connectivity index is 1.40. The van der Waals surface area contributed by atoms with Crippen LogP contribution in [0.2, 0.25) is 0 Å². The summed E-state index contributed by atoms with van der Waals surface area (Å²) >= 11 is 0. The van der Waals surface area contributed by atoms with Crippen LogP contribution in [-0.4, -0.2) is 56.0 Å². The largest absolute Gasteiger partial charge is 0.354 e. The molecule has 0 bridgehead atoms. The number of amides is 1. The lowest BCUT2D eigenvalue weighted by Gasteiger charge is -2.44. The van der Waals surface area contributed by atoms with Crippen molar-refractivity contribution in [1.82, 2.24) is 29.8 Å². The molecule has 2 aliphatic rings. The number of aryl methyl sites for hydroxylation is 2. The normalized spacial score (nSPS) is 22.3. The van der Waals surface area contributed by atoms with E-state index in [2.05, 4.69) is 20.4 Å². The molecule has 0 aromatic carbocycles. The molecule has 1 N–H and O–H groups in total. The van der Waals surface area contributed by atoms with E-state index in [1.54, 1.807) is 10.7 Å². The number of carbonyl (C=O) groups is 1.